The van der Waals surface area contributed by atoms with Gasteiger partial charge in [-0.3, -0.25) is 0 Å². The van der Waals surface area contributed by atoms with Crippen molar-refractivity contribution in [3.05, 3.63) is 220 Å². The summed E-state index contributed by atoms with van der Waals surface area (Å²) in [7, 11) is 0. The molecule has 2 unspecified atom stereocenters. The molecule has 0 amide bonds. The van der Waals surface area contributed by atoms with E-state index in [-0.39, 0.29) is 17.4 Å². The van der Waals surface area contributed by atoms with Crippen molar-refractivity contribution in [2.75, 3.05) is 4.90 Å². The van der Waals surface area contributed by atoms with Crippen molar-refractivity contribution in [2.45, 2.75) is 43.6 Å². The summed E-state index contributed by atoms with van der Waals surface area (Å²) in [6.45, 7) is 7.20. The number of anilines is 2. The van der Waals surface area contributed by atoms with Crippen molar-refractivity contribution in [3.8, 4) is 22.3 Å². The summed E-state index contributed by atoms with van der Waals surface area (Å²) in [6.07, 6.45) is 4.96. The molecule has 264 valence electrons. The number of fused-ring (bicyclic) bond motifs is 9. The quantitative estimate of drug-likeness (QED) is 0.171. The first-order valence-electron chi connectivity index (χ1n) is 19.6. The lowest BCUT2D eigenvalue weighted by atomic mass is 9.66. The first-order chi connectivity index (χ1) is 27.0. The number of hydrogen-bond donors (Lipinski definition) is 0. The monoisotopic (exact) mass is 723 g/mol. The lowest BCUT2D eigenvalue weighted by Gasteiger charge is -2.39. The number of benzene rings is 7. The van der Waals surface area contributed by atoms with E-state index in [1.54, 1.807) is 0 Å². The molecule has 0 fully saturated rings. The van der Waals surface area contributed by atoms with E-state index in [4.69, 9.17) is 0 Å². The standard InChI is InChI=1S/C53H41NS/c1-34-46(54(36-20-8-5-9-21-36)47-30-16-28-44-49(47)39-24-12-13-25-41(39)52(44,2)3)33-32-40-50-45(29-17-31-48(50)55-51(34)40)53(35-18-6-4-7-19-35)42-26-14-10-22-37(42)38-23-11-15-27-43(38)53/h4-34,46H,1-3H3. The molecule has 2 heteroatoms. The van der Waals surface area contributed by atoms with Crippen LogP contribution in [0, 0.1) is 0 Å². The number of hydrogen-bond acceptors (Lipinski definition) is 2. The molecule has 3 aliphatic carbocycles. The predicted molar refractivity (Wildman–Crippen MR) is 233 cm³/mol. The van der Waals surface area contributed by atoms with Crippen molar-refractivity contribution in [3.63, 3.8) is 0 Å². The van der Waals surface area contributed by atoms with Crippen LogP contribution in [-0.4, -0.2) is 6.04 Å². The molecule has 0 aliphatic heterocycles. The Morgan fingerprint density at radius 2 is 1.09 bits per heavy atom. The first-order valence-corrected chi connectivity index (χ1v) is 20.4. The SMILES string of the molecule is CC1c2sc3cccc(C4(c5ccccc5)c5ccccc5-c5ccccc54)c3c2C=CC1N(c1ccccc1)c1cccc2c1-c1ccccc1C2(C)C. The van der Waals surface area contributed by atoms with E-state index in [1.165, 1.54) is 87.5 Å². The maximum atomic E-state index is 2.63. The summed E-state index contributed by atoms with van der Waals surface area (Å²) >= 11 is 1.98. The molecule has 55 heavy (non-hydrogen) atoms. The summed E-state index contributed by atoms with van der Waals surface area (Å²) < 4.78 is 1.35. The third-order valence-corrected chi connectivity index (χ3v) is 14.3. The van der Waals surface area contributed by atoms with Crippen LogP contribution in [0.25, 0.3) is 38.4 Å². The van der Waals surface area contributed by atoms with Gasteiger partial charge in [-0.05, 0) is 79.9 Å². The van der Waals surface area contributed by atoms with Crippen molar-refractivity contribution >= 4 is 38.9 Å². The number of rotatable bonds is 5. The van der Waals surface area contributed by atoms with Crippen LogP contribution in [0.1, 0.15) is 70.5 Å². The van der Waals surface area contributed by atoms with E-state index in [9.17, 15) is 0 Å². The Hall–Kier alpha value is -5.96. The van der Waals surface area contributed by atoms with Gasteiger partial charge >= 0.3 is 0 Å². The second-order valence-corrected chi connectivity index (χ2v) is 17.1. The maximum Gasteiger partial charge on any atom is 0.0720 e. The molecule has 8 aromatic rings. The maximum absolute atomic E-state index is 2.63. The highest BCUT2D eigenvalue weighted by molar-refractivity contribution is 7.19. The van der Waals surface area contributed by atoms with Gasteiger partial charge in [0.25, 0.3) is 0 Å². The highest BCUT2D eigenvalue weighted by Crippen LogP contribution is 2.59. The van der Waals surface area contributed by atoms with Gasteiger partial charge in [-0.2, -0.15) is 0 Å². The van der Waals surface area contributed by atoms with E-state index in [1.807, 2.05) is 11.3 Å². The minimum absolute atomic E-state index is 0.0699. The van der Waals surface area contributed by atoms with Crippen LogP contribution in [0.2, 0.25) is 0 Å². The fourth-order valence-electron chi connectivity index (χ4n) is 10.5. The van der Waals surface area contributed by atoms with Crippen LogP contribution in [0.15, 0.2) is 176 Å². The molecule has 1 nitrogen and oxygen atoms in total. The molecule has 0 N–H and O–H groups in total. The highest BCUT2D eigenvalue weighted by atomic mass is 32.1. The van der Waals surface area contributed by atoms with Gasteiger partial charge in [-0.1, -0.05) is 179 Å². The molecule has 0 spiro atoms. The minimum atomic E-state index is -0.447. The smallest absolute Gasteiger partial charge is 0.0720 e. The van der Waals surface area contributed by atoms with E-state index < -0.39 is 5.41 Å². The minimum Gasteiger partial charge on any atom is -0.333 e. The average molecular weight is 724 g/mol. The fraction of sp³-hybridized carbons (Fsp3) is 0.132. The molecule has 1 aromatic heterocycles. The van der Waals surface area contributed by atoms with Gasteiger partial charge in [0.05, 0.1) is 11.5 Å². The van der Waals surface area contributed by atoms with Crippen molar-refractivity contribution in [1.29, 1.82) is 0 Å². The Balaban J connectivity index is 1.13. The third-order valence-electron chi connectivity index (χ3n) is 12.9. The fourth-order valence-corrected chi connectivity index (χ4v) is 11.8. The summed E-state index contributed by atoms with van der Waals surface area (Å²) in [5.41, 5.74) is 16.9. The summed E-state index contributed by atoms with van der Waals surface area (Å²) in [5.74, 6) is 0.238. The van der Waals surface area contributed by atoms with Crippen LogP contribution in [0.5, 0.6) is 0 Å². The number of thiophene rings is 1. The lowest BCUT2D eigenvalue weighted by molar-refractivity contribution is 0.647. The van der Waals surface area contributed by atoms with Crippen molar-refractivity contribution in [2.24, 2.45) is 0 Å². The van der Waals surface area contributed by atoms with Crippen molar-refractivity contribution < 1.29 is 0 Å². The van der Waals surface area contributed by atoms with E-state index in [2.05, 4.69) is 208 Å². The van der Waals surface area contributed by atoms with E-state index in [0.717, 1.165) is 0 Å². The van der Waals surface area contributed by atoms with Crippen molar-refractivity contribution in [1.82, 2.24) is 0 Å². The zero-order valence-electron chi connectivity index (χ0n) is 31.3. The molecule has 0 saturated heterocycles. The zero-order chi connectivity index (χ0) is 36.9. The van der Waals surface area contributed by atoms with Crippen LogP contribution in [0.4, 0.5) is 11.4 Å². The zero-order valence-corrected chi connectivity index (χ0v) is 32.1. The largest absolute Gasteiger partial charge is 0.333 e. The molecule has 3 aliphatic rings. The Labute approximate surface area is 327 Å². The average Bonchev–Trinajstić information content (AvgIpc) is 3.85. The van der Waals surface area contributed by atoms with Gasteiger partial charge in [0.2, 0.25) is 0 Å². The van der Waals surface area contributed by atoms with E-state index >= 15 is 0 Å². The Morgan fingerprint density at radius 1 is 0.527 bits per heavy atom. The Morgan fingerprint density at radius 3 is 1.80 bits per heavy atom. The van der Waals surface area contributed by atoms with Gasteiger partial charge in [-0.15, -0.1) is 11.3 Å². The van der Waals surface area contributed by atoms with Crippen LogP contribution in [0.3, 0.4) is 0 Å². The number of nitrogens with zero attached hydrogens (tertiary/aromatic N) is 1. The van der Waals surface area contributed by atoms with Crippen LogP contribution >= 0.6 is 11.3 Å². The second-order valence-electron chi connectivity index (χ2n) is 16.0. The second kappa shape index (κ2) is 12.0. The molecule has 1 heterocycles. The molecule has 0 bridgehead atoms. The molecule has 7 aromatic carbocycles. The molecule has 0 radical (unpaired) electrons. The predicted octanol–water partition coefficient (Wildman–Crippen LogP) is 13.9. The Bertz CT molecular complexity index is 2780. The number of para-hydroxylation sites is 1. The van der Waals surface area contributed by atoms with Gasteiger partial charge in [0, 0.05) is 43.2 Å². The first kappa shape index (κ1) is 32.5. The third kappa shape index (κ3) is 4.41. The highest BCUT2D eigenvalue weighted by Gasteiger charge is 2.48. The van der Waals surface area contributed by atoms with Crippen LogP contribution in [-0.2, 0) is 10.8 Å². The van der Waals surface area contributed by atoms with Gasteiger partial charge in [0.1, 0.15) is 0 Å². The summed E-state index contributed by atoms with van der Waals surface area (Å²) in [4.78, 5) is 4.08. The molecular weight excluding hydrogens is 683 g/mol. The normalized spacial score (nSPS) is 17.9. The molecular formula is C53H41NS. The van der Waals surface area contributed by atoms with Gasteiger partial charge < -0.3 is 4.90 Å². The molecule has 11 rings (SSSR count). The van der Waals surface area contributed by atoms with Gasteiger partial charge in [0.15, 0.2) is 0 Å². The van der Waals surface area contributed by atoms with E-state index in [0.29, 0.717) is 0 Å². The van der Waals surface area contributed by atoms with Crippen LogP contribution < -0.4 is 4.90 Å². The molecule has 2 atom stereocenters. The summed E-state index contributed by atoms with van der Waals surface area (Å²) in [5, 5.41) is 1.38. The lowest BCUT2D eigenvalue weighted by Crippen LogP contribution is -2.35. The summed E-state index contributed by atoms with van der Waals surface area (Å²) in [6, 6.07) is 63.6. The Kier molecular flexibility index (Phi) is 7.10. The van der Waals surface area contributed by atoms with Gasteiger partial charge in [-0.25, -0.2) is 0 Å². The molecule has 0 saturated carbocycles. The topological polar surface area (TPSA) is 3.24 Å².